The number of urea groups is 1. The number of carboxylic acid groups (broad SMARTS) is 1. The summed E-state index contributed by atoms with van der Waals surface area (Å²) >= 11 is 0. The molecule has 108 valence electrons. The second-order valence-electron chi connectivity index (χ2n) is 5.09. The van der Waals surface area contributed by atoms with Crippen LogP contribution in [-0.4, -0.2) is 40.1 Å². The number of hydrogen-bond donors (Lipinski definition) is 2. The number of aromatic nitrogens is 1. The summed E-state index contributed by atoms with van der Waals surface area (Å²) in [6, 6.07) is 3.60. The van der Waals surface area contributed by atoms with Crippen LogP contribution in [0.3, 0.4) is 0 Å². The van der Waals surface area contributed by atoms with E-state index in [1.165, 1.54) is 0 Å². The Labute approximate surface area is 117 Å². The number of amides is 2. The number of carboxylic acids is 1. The fourth-order valence-corrected chi connectivity index (χ4v) is 2.26. The predicted molar refractivity (Wildman–Crippen MR) is 73.1 cm³/mol. The van der Waals surface area contributed by atoms with E-state index < -0.39 is 11.9 Å². The van der Waals surface area contributed by atoms with Crippen LogP contribution in [0.15, 0.2) is 18.3 Å². The number of aliphatic carboxylic acids is 1. The van der Waals surface area contributed by atoms with Crippen LogP contribution in [0.4, 0.5) is 4.79 Å². The number of piperidine rings is 1. The van der Waals surface area contributed by atoms with Crippen molar-refractivity contribution in [3.63, 3.8) is 0 Å². The minimum Gasteiger partial charge on any atom is -0.481 e. The number of likely N-dealkylation sites (tertiary alicyclic amines) is 1. The van der Waals surface area contributed by atoms with E-state index in [0.29, 0.717) is 19.5 Å². The van der Waals surface area contributed by atoms with Crippen molar-refractivity contribution < 1.29 is 14.7 Å². The molecule has 0 spiro atoms. The lowest BCUT2D eigenvalue weighted by Crippen LogP contribution is -2.46. The Hall–Kier alpha value is -2.11. The monoisotopic (exact) mass is 277 g/mol. The van der Waals surface area contributed by atoms with E-state index in [-0.39, 0.29) is 12.6 Å². The van der Waals surface area contributed by atoms with Gasteiger partial charge in [0.25, 0.3) is 0 Å². The van der Waals surface area contributed by atoms with E-state index in [2.05, 4.69) is 10.3 Å². The Morgan fingerprint density at radius 3 is 2.95 bits per heavy atom. The van der Waals surface area contributed by atoms with E-state index in [1.54, 1.807) is 11.1 Å². The Bertz CT molecular complexity index is 487. The van der Waals surface area contributed by atoms with Crippen molar-refractivity contribution in [1.29, 1.82) is 0 Å². The summed E-state index contributed by atoms with van der Waals surface area (Å²) in [5.74, 6) is -1.28. The number of hydrogen-bond acceptors (Lipinski definition) is 3. The van der Waals surface area contributed by atoms with Gasteiger partial charge in [0.1, 0.15) is 0 Å². The van der Waals surface area contributed by atoms with Crippen LogP contribution >= 0.6 is 0 Å². The van der Waals surface area contributed by atoms with Crippen LogP contribution in [0.1, 0.15) is 24.1 Å². The molecule has 0 unspecified atom stereocenters. The standard InChI is InChI=1S/C14H19N3O3/c1-10-4-5-11(7-15-10)8-16-14(20)17-6-2-3-12(9-17)13(18)19/h4-5,7,12H,2-3,6,8-9H2,1H3,(H,16,20)(H,18,19)/t12-/m1/s1. The number of nitrogens with one attached hydrogen (secondary N) is 1. The molecule has 0 saturated carbocycles. The van der Waals surface area contributed by atoms with E-state index in [1.807, 2.05) is 19.1 Å². The lowest BCUT2D eigenvalue weighted by atomic mass is 9.99. The van der Waals surface area contributed by atoms with Gasteiger partial charge in [0.05, 0.1) is 5.92 Å². The molecule has 1 aromatic rings. The fourth-order valence-electron chi connectivity index (χ4n) is 2.26. The molecule has 1 aliphatic heterocycles. The molecule has 20 heavy (non-hydrogen) atoms. The third kappa shape index (κ3) is 3.69. The zero-order valence-corrected chi connectivity index (χ0v) is 11.5. The molecular weight excluding hydrogens is 258 g/mol. The number of carbonyl (C=O) groups is 2. The van der Waals surface area contributed by atoms with Gasteiger partial charge < -0.3 is 15.3 Å². The van der Waals surface area contributed by atoms with Gasteiger partial charge in [-0.05, 0) is 31.4 Å². The van der Waals surface area contributed by atoms with Crippen LogP contribution in [0.2, 0.25) is 0 Å². The van der Waals surface area contributed by atoms with Gasteiger partial charge in [-0.1, -0.05) is 6.07 Å². The molecule has 6 heteroatoms. The van der Waals surface area contributed by atoms with Gasteiger partial charge in [-0.25, -0.2) is 4.79 Å². The van der Waals surface area contributed by atoms with Crippen LogP contribution in [0, 0.1) is 12.8 Å². The van der Waals surface area contributed by atoms with E-state index in [4.69, 9.17) is 5.11 Å². The third-order valence-electron chi connectivity index (χ3n) is 3.47. The van der Waals surface area contributed by atoms with Crippen LogP contribution in [-0.2, 0) is 11.3 Å². The molecule has 1 atom stereocenters. The van der Waals surface area contributed by atoms with Gasteiger partial charge in [-0.2, -0.15) is 0 Å². The molecule has 0 radical (unpaired) electrons. The highest BCUT2D eigenvalue weighted by Crippen LogP contribution is 2.16. The first-order valence-electron chi connectivity index (χ1n) is 6.73. The van der Waals surface area contributed by atoms with Gasteiger partial charge >= 0.3 is 12.0 Å². The highest BCUT2D eigenvalue weighted by molar-refractivity contribution is 5.76. The molecule has 0 aliphatic carbocycles. The zero-order chi connectivity index (χ0) is 14.5. The maximum atomic E-state index is 12.0. The van der Waals surface area contributed by atoms with Gasteiger partial charge in [0.15, 0.2) is 0 Å². The highest BCUT2D eigenvalue weighted by Gasteiger charge is 2.27. The topological polar surface area (TPSA) is 82.5 Å². The molecule has 1 aliphatic rings. The number of rotatable bonds is 3. The summed E-state index contributed by atoms with van der Waals surface area (Å²) < 4.78 is 0. The van der Waals surface area contributed by atoms with Crippen LogP contribution in [0.5, 0.6) is 0 Å². The first-order valence-corrected chi connectivity index (χ1v) is 6.73. The number of aryl methyl sites for hydroxylation is 1. The summed E-state index contributed by atoms with van der Waals surface area (Å²) in [6.45, 7) is 3.21. The summed E-state index contributed by atoms with van der Waals surface area (Å²) in [7, 11) is 0. The molecule has 1 saturated heterocycles. The second-order valence-corrected chi connectivity index (χ2v) is 5.09. The van der Waals surface area contributed by atoms with Crippen LogP contribution < -0.4 is 5.32 Å². The first kappa shape index (κ1) is 14.3. The first-order chi connectivity index (χ1) is 9.56. The highest BCUT2D eigenvalue weighted by atomic mass is 16.4. The summed E-state index contributed by atoms with van der Waals surface area (Å²) in [5.41, 5.74) is 1.86. The van der Waals surface area contributed by atoms with Crippen molar-refractivity contribution in [1.82, 2.24) is 15.2 Å². The fraction of sp³-hybridized carbons (Fsp3) is 0.500. The van der Waals surface area contributed by atoms with Gasteiger partial charge in [0, 0.05) is 31.5 Å². The number of nitrogens with zero attached hydrogens (tertiary/aromatic N) is 2. The van der Waals surface area contributed by atoms with Crippen molar-refractivity contribution in [3.05, 3.63) is 29.6 Å². The molecule has 0 bridgehead atoms. The van der Waals surface area contributed by atoms with E-state index >= 15 is 0 Å². The zero-order valence-electron chi connectivity index (χ0n) is 11.5. The molecule has 6 nitrogen and oxygen atoms in total. The molecule has 2 amide bonds. The lowest BCUT2D eigenvalue weighted by Gasteiger charge is -2.30. The molecule has 2 rings (SSSR count). The summed E-state index contributed by atoms with van der Waals surface area (Å²) in [4.78, 5) is 28.7. The molecule has 0 aromatic carbocycles. The molecule has 1 aromatic heterocycles. The summed E-state index contributed by atoms with van der Waals surface area (Å²) in [5, 5.41) is 11.8. The average Bonchev–Trinajstić information content (AvgIpc) is 2.46. The van der Waals surface area contributed by atoms with Crippen molar-refractivity contribution in [2.45, 2.75) is 26.3 Å². The van der Waals surface area contributed by atoms with E-state index in [9.17, 15) is 9.59 Å². The van der Waals surface area contributed by atoms with Crippen LogP contribution in [0.25, 0.3) is 0 Å². The minimum atomic E-state index is -0.828. The Morgan fingerprint density at radius 1 is 1.50 bits per heavy atom. The maximum absolute atomic E-state index is 12.0. The molecule has 2 heterocycles. The van der Waals surface area contributed by atoms with Gasteiger partial charge in [-0.3, -0.25) is 9.78 Å². The number of carbonyl (C=O) groups excluding carboxylic acids is 1. The maximum Gasteiger partial charge on any atom is 0.317 e. The van der Waals surface area contributed by atoms with Gasteiger partial charge in [-0.15, -0.1) is 0 Å². The largest absolute Gasteiger partial charge is 0.481 e. The minimum absolute atomic E-state index is 0.212. The summed E-state index contributed by atoms with van der Waals surface area (Å²) in [6.07, 6.45) is 3.10. The third-order valence-corrected chi connectivity index (χ3v) is 3.47. The number of pyridine rings is 1. The SMILES string of the molecule is Cc1ccc(CNC(=O)N2CCC[C@@H](C(=O)O)C2)cn1. The quantitative estimate of drug-likeness (QED) is 0.874. The normalized spacial score (nSPS) is 18.6. The Balaban J connectivity index is 1.85. The Morgan fingerprint density at radius 2 is 2.30 bits per heavy atom. The Kier molecular flexibility index (Phi) is 4.55. The predicted octanol–water partition coefficient (Wildman–Crippen LogP) is 1.40. The molecular formula is C14H19N3O3. The average molecular weight is 277 g/mol. The molecule has 2 N–H and O–H groups in total. The second kappa shape index (κ2) is 6.36. The van der Waals surface area contributed by atoms with Crippen molar-refractivity contribution in [2.75, 3.05) is 13.1 Å². The van der Waals surface area contributed by atoms with E-state index in [0.717, 1.165) is 17.7 Å². The van der Waals surface area contributed by atoms with Crippen molar-refractivity contribution in [2.24, 2.45) is 5.92 Å². The van der Waals surface area contributed by atoms with Crippen molar-refractivity contribution in [3.8, 4) is 0 Å². The van der Waals surface area contributed by atoms with Crippen molar-refractivity contribution >= 4 is 12.0 Å². The van der Waals surface area contributed by atoms with Gasteiger partial charge in [0.2, 0.25) is 0 Å². The smallest absolute Gasteiger partial charge is 0.317 e. The molecule has 1 fully saturated rings. The lowest BCUT2D eigenvalue weighted by molar-refractivity contribution is -0.143.